The van der Waals surface area contributed by atoms with Gasteiger partial charge in [-0.15, -0.1) is 13.2 Å². The Balaban J connectivity index is 1.59. The maximum Gasteiger partial charge on any atom is 0.573 e. The third kappa shape index (κ3) is 6.96. The number of sulfonamides is 1. The average molecular weight is 606 g/mol. The molecule has 3 aromatic rings. The molecule has 2 aromatic carbocycles. The van der Waals surface area contributed by atoms with Crippen LogP contribution in [-0.2, 0) is 27.5 Å². The second-order valence-electron chi connectivity index (χ2n) is 9.25. The zero-order valence-corrected chi connectivity index (χ0v) is 21.9. The fourth-order valence-electron chi connectivity index (χ4n) is 4.47. The van der Waals surface area contributed by atoms with Gasteiger partial charge in [0.15, 0.2) is 5.75 Å². The van der Waals surface area contributed by atoms with Gasteiger partial charge in [0.2, 0.25) is 15.9 Å². The van der Waals surface area contributed by atoms with Crippen molar-refractivity contribution in [3.05, 3.63) is 77.7 Å². The van der Waals surface area contributed by atoms with Crippen LogP contribution in [0.1, 0.15) is 30.9 Å². The fraction of sp³-hybridized carbons (Fsp3) is 0.308. The first-order valence-corrected chi connectivity index (χ1v) is 13.5. The third-order valence-electron chi connectivity index (χ3n) is 6.43. The lowest BCUT2D eigenvalue weighted by molar-refractivity contribution is -0.275. The van der Waals surface area contributed by atoms with Crippen molar-refractivity contribution < 1.29 is 48.7 Å². The first kappa shape index (κ1) is 30.2. The SMILES string of the molecule is C[C@H]1CC[C@@H](C(=O)NCc2cc(-c3ccc(C(F)(F)F)cc3)ncc2OC(F)(F)F)N1S(=O)(=O)c1ccc(F)cc1. The van der Waals surface area contributed by atoms with Gasteiger partial charge in [-0.2, -0.15) is 17.5 Å². The number of nitrogens with one attached hydrogen (secondary N) is 1. The summed E-state index contributed by atoms with van der Waals surface area (Å²) in [5, 5.41) is 2.43. The summed E-state index contributed by atoms with van der Waals surface area (Å²) in [7, 11) is -4.23. The number of carbonyl (C=O) groups is 1. The molecular formula is C26H22F7N3O4S. The second-order valence-corrected chi connectivity index (χ2v) is 11.1. The van der Waals surface area contributed by atoms with Crippen LogP contribution in [0.15, 0.2) is 65.7 Å². The highest BCUT2D eigenvalue weighted by Gasteiger charge is 2.43. The number of hydrogen-bond donors (Lipinski definition) is 1. The van der Waals surface area contributed by atoms with Crippen LogP contribution < -0.4 is 10.1 Å². The highest BCUT2D eigenvalue weighted by molar-refractivity contribution is 7.89. The summed E-state index contributed by atoms with van der Waals surface area (Å²) >= 11 is 0. The van der Waals surface area contributed by atoms with Crippen molar-refractivity contribution in [1.82, 2.24) is 14.6 Å². The van der Waals surface area contributed by atoms with Gasteiger partial charge in [-0.1, -0.05) is 12.1 Å². The molecule has 2 atom stereocenters. The molecule has 0 unspecified atom stereocenters. The van der Waals surface area contributed by atoms with Crippen LogP contribution in [0.5, 0.6) is 5.75 Å². The smallest absolute Gasteiger partial charge is 0.404 e. The van der Waals surface area contributed by atoms with Crippen LogP contribution >= 0.6 is 0 Å². The minimum Gasteiger partial charge on any atom is -0.404 e. The maximum atomic E-state index is 13.3. The summed E-state index contributed by atoms with van der Waals surface area (Å²) in [6.07, 6.45) is -8.55. The molecule has 7 nitrogen and oxygen atoms in total. The lowest BCUT2D eigenvalue weighted by Crippen LogP contribution is -2.48. The molecular weight excluding hydrogens is 583 g/mol. The van der Waals surface area contributed by atoms with Gasteiger partial charge >= 0.3 is 12.5 Å². The van der Waals surface area contributed by atoms with Gasteiger partial charge in [0.25, 0.3) is 0 Å². The van der Waals surface area contributed by atoms with Crippen molar-refractivity contribution >= 4 is 15.9 Å². The number of carbonyl (C=O) groups excluding carboxylic acids is 1. The Labute approximate surface area is 230 Å². The first-order valence-electron chi connectivity index (χ1n) is 12.1. The van der Waals surface area contributed by atoms with Gasteiger partial charge in [-0.3, -0.25) is 9.78 Å². The Morgan fingerprint density at radius 3 is 2.24 bits per heavy atom. The van der Waals surface area contributed by atoms with Crippen molar-refractivity contribution in [3.63, 3.8) is 0 Å². The zero-order chi connectivity index (χ0) is 30.2. The Morgan fingerprint density at radius 2 is 1.66 bits per heavy atom. The Kier molecular flexibility index (Phi) is 8.32. The summed E-state index contributed by atoms with van der Waals surface area (Å²) in [5.41, 5.74) is -0.978. The number of alkyl halides is 6. The molecule has 41 heavy (non-hydrogen) atoms. The molecule has 2 heterocycles. The molecule has 4 rings (SSSR count). The highest BCUT2D eigenvalue weighted by atomic mass is 32.2. The Hall–Kier alpha value is -3.72. The molecule has 0 radical (unpaired) electrons. The quantitative estimate of drug-likeness (QED) is 0.351. The van der Waals surface area contributed by atoms with E-state index in [1.807, 2.05) is 0 Å². The van der Waals surface area contributed by atoms with Gasteiger partial charge < -0.3 is 10.1 Å². The number of aromatic nitrogens is 1. The molecule has 220 valence electrons. The fourth-order valence-corrected chi connectivity index (χ4v) is 6.31. The van der Waals surface area contributed by atoms with E-state index in [1.54, 1.807) is 6.92 Å². The van der Waals surface area contributed by atoms with Gasteiger partial charge in [0.05, 0.1) is 22.3 Å². The van der Waals surface area contributed by atoms with E-state index in [-0.39, 0.29) is 28.1 Å². The lowest BCUT2D eigenvalue weighted by atomic mass is 10.1. The monoisotopic (exact) mass is 605 g/mol. The molecule has 15 heteroatoms. The average Bonchev–Trinajstić information content (AvgIpc) is 3.29. The highest BCUT2D eigenvalue weighted by Crippen LogP contribution is 2.34. The van der Waals surface area contributed by atoms with Gasteiger partial charge in [-0.05, 0) is 62.2 Å². The summed E-state index contributed by atoms with van der Waals surface area (Å²) < 4.78 is 123. The van der Waals surface area contributed by atoms with Crippen LogP contribution in [0.2, 0.25) is 0 Å². The van der Waals surface area contributed by atoms with Crippen molar-refractivity contribution in [2.45, 2.75) is 55.8 Å². The normalized spacial score (nSPS) is 18.3. The zero-order valence-electron chi connectivity index (χ0n) is 21.1. The number of nitrogens with zero attached hydrogens (tertiary/aromatic N) is 2. The number of amides is 1. The first-order chi connectivity index (χ1) is 19.1. The Morgan fingerprint density at radius 1 is 1.02 bits per heavy atom. The third-order valence-corrected chi connectivity index (χ3v) is 8.46. The number of ether oxygens (including phenoxy) is 1. The van der Waals surface area contributed by atoms with Gasteiger partial charge in [-0.25, -0.2) is 12.8 Å². The molecule has 0 saturated carbocycles. The van der Waals surface area contributed by atoms with Gasteiger partial charge in [0, 0.05) is 23.7 Å². The molecule has 1 aliphatic heterocycles. The predicted octanol–water partition coefficient (Wildman–Crippen LogP) is 5.66. The maximum absolute atomic E-state index is 13.3. The van der Waals surface area contributed by atoms with Crippen LogP contribution in [-0.4, -0.2) is 42.1 Å². The summed E-state index contributed by atoms with van der Waals surface area (Å²) in [6.45, 7) is 1.04. The van der Waals surface area contributed by atoms with Crippen molar-refractivity contribution in [2.75, 3.05) is 0 Å². The van der Waals surface area contributed by atoms with E-state index >= 15 is 0 Å². The second kappa shape index (κ2) is 11.3. The van der Waals surface area contributed by atoms with E-state index in [2.05, 4.69) is 15.0 Å². The Bertz CT molecular complexity index is 1510. The molecule has 1 fully saturated rings. The number of pyridine rings is 1. The predicted molar refractivity (Wildman–Crippen MR) is 131 cm³/mol. The van der Waals surface area contributed by atoms with Crippen LogP contribution in [0, 0.1) is 5.82 Å². The van der Waals surface area contributed by atoms with E-state index in [9.17, 15) is 43.9 Å². The molecule has 0 aliphatic carbocycles. The van der Waals surface area contributed by atoms with Crippen molar-refractivity contribution in [3.8, 4) is 17.0 Å². The summed E-state index contributed by atoms with van der Waals surface area (Å²) in [6, 6.07) is 7.12. The molecule has 1 N–H and O–H groups in total. The molecule has 0 spiro atoms. The molecule has 1 aromatic heterocycles. The minimum absolute atomic E-state index is 0.00695. The van der Waals surface area contributed by atoms with Crippen LogP contribution in [0.25, 0.3) is 11.3 Å². The summed E-state index contributed by atoms with van der Waals surface area (Å²) in [5.74, 6) is -2.22. The summed E-state index contributed by atoms with van der Waals surface area (Å²) in [4.78, 5) is 16.7. The number of benzene rings is 2. The minimum atomic E-state index is -5.11. The van der Waals surface area contributed by atoms with Crippen LogP contribution in [0.4, 0.5) is 30.7 Å². The largest absolute Gasteiger partial charge is 0.573 e. The lowest BCUT2D eigenvalue weighted by Gasteiger charge is -2.27. The molecule has 0 bridgehead atoms. The standard InChI is InChI=1S/C26H22F7N3O4S/c1-15-2-11-22(36(15)41(38,39)20-9-7-19(27)8-10-20)24(37)35-13-17-12-21(34-14-23(17)40-26(31,32)33)16-3-5-18(6-4-16)25(28,29)30/h3-10,12,14-15,22H,2,11,13H2,1H3,(H,35,37)/t15-,22-/m0/s1. The van der Waals surface area contributed by atoms with Crippen molar-refractivity contribution in [2.24, 2.45) is 0 Å². The number of rotatable bonds is 7. The number of halogens is 7. The van der Waals surface area contributed by atoms with Gasteiger partial charge in [0.1, 0.15) is 11.9 Å². The molecule has 1 amide bonds. The van der Waals surface area contributed by atoms with E-state index in [4.69, 9.17) is 0 Å². The van der Waals surface area contributed by atoms with E-state index < -0.39 is 64.2 Å². The topological polar surface area (TPSA) is 88.6 Å². The van der Waals surface area contributed by atoms with E-state index in [0.29, 0.717) is 6.42 Å². The van der Waals surface area contributed by atoms with E-state index in [1.165, 1.54) is 0 Å². The molecule has 1 aliphatic rings. The van der Waals surface area contributed by atoms with Crippen molar-refractivity contribution in [1.29, 1.82) is 0 Å². The van der Waals surface area contributed by atoms with Crippen LogP contribution in [0.3, 0.4) is 0 Å². The molecule has 1 saturated heterocycles. The number of hydrogen-bond acceptors (Lipinski definition) is 5. The van der Waals surface area contributed by atoms with E-state index in [0.717, 1.165) is 65.1 Å².